The maximum Gasteiger partial charge on any atom is 0.0644 e. The summed E-state index contributed by atoms with van der Waals surface area (Å²) in [6.45, 7) is 7.71. The maximum atomic E-state index is 5.95. The van der Waals surface area contributed by atoms with Gasteiger partial charge in [-0.1, -0.05) is 88.8 Å². The molecular formula is C31H59NO2. The first-order valence-electron chi connectivity index (χ1n) is 14.5. The predicted octanol–water partition coefficient (Wildman–Crippen LogP) is 8.90. The van der Waals surface area contributed by atoms with Crippen molar-refractivity contribution in [2.75, 3.05) is 40.5 Å². The van der Waals surface area contributed by atoms with Gasteiger partial charge in [-0.3, -0.25) is 0 Å². The summed E-state index contributed by atoms with van der Waals surface area (Å²) in [7, 11) is 4.24. The zero-order chi connectivity index (χ0) is 25.0. The minimum absolute atomic E-state index is 0.351. The van der Waals surface area contributed by atoms with Crippen LogP contribution in [0.2, 0.25) is 0 Å². The van der Waals surface area contributed by atoms with Crippen molar-refractivity contribution in [3.05, 3.63) is 36.5 Å². The first-order valence-corrected chi connectivity index (χ1v) is 14.5. The van der Waals surface area contributed by atoms with E-state index in [9.17, 15) is 0 Å². The fourth-order valence-corrected chi connectivity index (χ4v) is 3.73. The minimum atomic E-state index is 0.351. The molecule has 1 atom stereocenters. The van der Waals surface area contributed by atoms with E-state index >= 15 is 0 Å². The molecule has 3 nitrogen and oxygen atoms in total. The number of allylic oxidation sites excluding steroid dienone is 6. The van der Waals surface area contributed by atoms with E-state index in [-0.39, 0.29) is 0 Å². The molecule has 0 amide bonds. The second-order valence-electron chi connectivity index (χ2n) is 9.73. The Hall–Kier alpha value is -0.900. The number of likely N-dealkylation sites (N-methyl/N-ethyl adjacent to an activating group) is 1. The quantitative estimate of drug-likeness (QED) is 0.0916. The third kappa shape index (κ3) is 25.7. The lowest BCUT2D eigenvalue weighted by molar-refractivity contribution is 0.0199. The lowest BCUT2D eigenvalue weighted by Crippen LogP contribution is -2.37. The SMILES string of the molecule is CCC=CCCCCOC[C@H](COCCCCCCCC/C=C\C/C=C\CCCCC)N(C)C. The molecule has 0 radical (unpaired) electrons. The third-order valence-corrected chi connectivity index (χ3v) is 6.15. The highest BCUT2D eigenvalue weighted by atomic mass is 16.5. The highest BCUT2D eigenvalue weighted by Gasteiger charge is 2.11. The van der Waals surface area contributed by atoms with Gasteiger partial charge in [-0.25, -0.2) is 0 Å². The number of unbranched alkanes of at least 4 members (excludes halogenated alkanes) is 11. The van der Waals surface area contributed by atoms with Gasteiger partial charge in [0.05, 0.1) is 19.3 Å². The van der Waals surface area contributed by atoms with Gasteiger partial charge >= 0.3 is 0 Å². The van der Waals surface area contributed by atoms with E-state index in [0.717, 1.165) is 45.7 Å². The molecule has 0 aliphatic rings. The fraction of sp³-hybridized carbons (Fsp3) is 0.806. The van der Waals surface area contributed by atoms with E-state index < -0.39 is 0 Å². The fourth-order valence-electron chi connectivity index (χ4n) is 3.73. The minimum Gasteiger partial charge on any atom is -0.380 e. The summed E-state index contributed by atoms with van der Waals surface area (Å²) >= 11 is 0. The molecule has 0 aromatic carbocycles. The van der Waals surface area contributed by atoms with Crippen LogP contribution < -0.4 is 0 Å². The lowest BCUT2D eigenvalue weighted by atomic mass is 10.1. The van der Waals surface area contributed by atoms with Crippen LogP contribution in [0.25, 0.3) is 0 Å². The van der Waals surface area contributed by atoms with Crippen LogP contribution in [0.1, 0.15) is 117 Å². The summed E-state index contributed by atoms with van der Waals surface area (Å²) in [6, 6.07) is 0.351. The molecule has 0 aliphatic heterocycles. The Labute approximate surface area is 214 Å². The van der Waals surface area contributed by atoms with Crippen LogP contribution in [0.3, 0.4) is 0 Å². The van der Waals surface area contributed by atoms with Crippen molar-refractivity contribution in [3.8, 4) is 0 Å². The number of nitrogens with zero attached hydrogens (tertiary/aromatic N) is 1. The Kier molecular flexibility index (Phi) is 27.6. The summed E-state index contributed by atoms with van der Waals surface area (Å²) in [5, 5.41) is 0. The second-order valence-corrected chi connectivity index (χ2v) is 9.73. The Bertz CT molecular complexity index is 470. The van der Waals surface area contributed by atoms with E-state index in [0.29, 0.717) is 6.04 Å². The maximum absolute atomic E-state index is 5.95. The van der Waals surface area contributed by atoms with Crippen LogP contribution in [-0.2, 0) is 9.47 Å². The molecule has 0 rings (SSSR count). The molecule has 0 fully saturated rings. The Balaban J connectivity index is 3.47. The lowest BCUT2D eigenvalue weighted by Gasteiger charge is -2.24. The van der Waals surface area contributed by atoms with Crippen LogP contribution in [0.5, 0.6) is 0 Å². The van der Waals surface area contributed by atoms with Crippen molar-refractivity contribution in [2.24, 2.45) is 0 Å². The van der Waals surface area contributed by atoms with Crippen LogP contribution >= 0.6 is 0 Å². The van der Waals surface area contributed by atoms with Gasteiger partial charge in [0.2, 0.25) is 0 Å². The third-order valence-electron chi connectivity index (χ3n) is 6.15. The summed E-state index contributed by atoms with van der Waals surface area (Å²) in [5.74, 6) is 0. The highest BCUT2D eigenvalue weighted by Crippen LogP contribution is 2.09. The summed E-state index contributed by atoms with van der Waals surface area (Å²) in [5.41, 5.74) is 0. The smallest absolute Gasteiger partial charge is 0.0644 e. The van der Waals surface area contributed by atoms with Gasteiger partial charge < -0.3 is 14.4 Å². The first-order chi connectivity index (χ1) is 16.7. The standard InChI is InChI=1S/C31H59NO2/c1-5-7-9-11-13-14-15-16-17-18-19-20-21-22-24-26-28-34-30-31(32(3)4)29-33-27-25-23-12-10-8-6-2/h8,10,13-14,16-17,31H,5-7,9,11-12,15,18-30H2,1-4H3/b10-8?,14-13-,17-16-/t31-/m1/s1. The number of ether oxygens (including phenoxy) is 2. The zero-order valence-electron chi connectivity index (χ0n) is 23.4. The first kappa shape index (κ1) is 33.1. The molecule has 0 saturated carbocycles. The highest BCUT2D eigenvalue weighted by molar-refractivity contribution is 4.92. The van der Waals surface area contributed by atoms with Crippen LogP contribution in [0.4, 0.5) is 0 Å². The van der Waals surface area contributed by atoms with Crippen molar-refractivity contribution in [2.45, 2.75) is 123 Å². The summed E-state index contributed by atoms with van der Waals surface area (Å²) in [4.78, 5) is 2.22. The molecule has 3 heteroatoms. The van der Waals surface area contributed by atoms with Crippen molar-refractivity contribution >= 4 is 0 Å². The van der Waals surface area contributed by atoms with Gasteiger partial charge in [0.25, 0.3) is 0 Å². The van der Waals surface area contributed by atoms with Gasteiger partial charge in [0.15, 0.2) is 0 Å². The van der Waals surface area contributed by atoms with Crippen molar-refractivity contribution < 1.29 is 9.47 Å². The molecule has 0 saturated heterocycles. The van der Waals surface area contributed by atoms with Gasteiger partial charge in [-0.05, 0) is 78.3 Å². The van der Waals surface area contributed by atoms with Crippen LogP contribution in [-0.4, -0.2) is 51.5 Å². The molecular weight excluding hydrogens is 418 g/mol. The number of hydrogen-bond donors (Lipinski definition) is 0. The average Bonchev–Trinajstić information content (AvgIpc) is 2.83. The normalized spacial score (nSPS) is 13.3. The predicted molar refractivity (Wildman–Crippen MR) is 152 cm³/mol. The molecule has 0 bridgehead atoms. The van der Waals surface area contributed by atoms with Crippen molar-refractivity contribution in [1.29, 1.82) is 0 Å². The van der Waals surface area contributed by atoms with E-state index in [2.05, 4.69) is 69.3 Å². The zero-order valence-corrected chi connectivity index (χ0v) is 23.4. The van der Waals surface area contributed by atoms with Crippen LogP contribution in [0, 0.1) is 0 Å². The Morgan fingerprint density at radius 2 is 1.03 bits per heavy atom. The Morgan fingerprint density at radius 3 is 1.59 bits per heavy atom. The Morgan fingerprint density at radius 1 is 0.559 bits per heavy atom. The molecule has 0 heterocycles. The van der Waals surface area contributed by atoms with Gasteiger partial charge in [0, 0.05) is 13.2 Å². The number of rotatable bonds is 26. The molecule has 34 heavy (non-hydrogen) atoms. The van der Waals surface area contributed by atoms with Gasteiger partial charge in [-0.2, -0.15) is 0 Å². The van der Waals surface area contributed by atoms with Gasteiger partial charge in [0.1, 0.15) is 0 Å². The molecule has 0 aromatic rings. The molecule has 0 spiro atoms. The van der Waals surface area contributed by atoms with E-state index in [1.807, 2.05) is 0 Å². The second kappa shape index (κ2) is 28.3. The molecule has 0 aromatic heterocycles. The van der Waals surface area contributed by atoms with E-state index in [4.69, 9.17) is 9.47 Å². The molecule has 200 valence electrons. The largest absolute Gasteiger partial charge is 0.380 e. The topological polar surface area (TPSA) is 21.7 Å². The summed E-state index contributed by atoms with van der Waals surface area (Å²) in [6.07, 6.45) is 34.0. The average molecular weight is 478 g/mol. The van der Waals surface area contributed by atoms with Gasteiger partial charge in [-0.15, -0.1) is 0 Å². The monoisotopic (exact) mass is 477 g/mol. The van der Waals surface area contributed by atoms with E-state index in [1.54, 1.807) is 0 Å². The molecule has 0 unspecified atom stereocenters. The van der Waals surface area contributed by atoms with Crippen LogP contribution in [0.15, 0.2) is 36.5 Å². The van der Waals surface area contributed by atoms with Crippen molar-refractivity contribution in [3.63, 3.8) is 0 Å². The van der Waals surface area contributed by atoms with E-state index in [1.165, 1.54) is 83.5 Å². The summed E-state index contributed by atoms with van der Waals surface area (Å²) < 4.78 is 11.9. The molecule has 0 N–H and O–H groups in total. The molecule has 0 aliphatic carbocycles. The number of hydrogen-bond acceptors (Lipinski definition) is 3. The van der Waals surface area contributed by atoms with Crippen molar-refractivity contribution in [1.82, 2.24) is 4.90 Å².